The molecule has 0 atom stereocenters. The summed E-state index contributed by atoms with van der Waals surface area (Å²) < 4.78 is 4.93. The van der Waals surface area contributed by atoms with E-state index in [1.54, 1.807) is 0 Å². The van der Waals surface area contributed by atoms with Crippen LogP contribution in [0.25, 0.3) is 49.0 Å². The summed E-state index contributed by atoms with van der Waals surface area (Å²) in [7, 11) is 2.21. The number of hydrogen-bond acceptors (Lipinski definition) is 0. The van der Waals surface area contributed by atoms with Crippen LogP contribution >= 0.6 is 0 Å². The molecule has 0 spiro atoms. The third-order valence-corrected chi connectivity index (χ3v) is 8.76. The summed E-state index contributed by atoms with van der Waals surface area (Å²) in [5, 5.41) is 6.90. The van der Waals surface area contributed by atoms with Crippen molar-refractivity contribution in [3.63, 3.8) is 0 Å². The van der Waals surface area contributed by atoms with E-state index in [-0.39, 0.29) is 5.41 Å². The second-order valence-corrected chi connectivity index (χ2v) is 12.2. The van der Waals surface area contributed by atoms with Gasteiger partial charge in [-0.15, -0.1) is 0 Å². The molecule has 0 amide bonds. The molecule has 2 nitrogen and oxygen atoms in total. The SMILES string of the molecule is Cc1ccc2c3cc(C(C)(C)C)ccc3n3c4cc(CC5CCCC5)cc5cc[n+](C)c(c1c23)c54. The van der Waals surface area contributed by atoms with Gasteiger partial charge in [0.25, 0.3) is 0 Å². The topological polar surface area (TPSA) is 8.29 Å². The predicted octanol–water partition coefficient (Wildman–Crippen LogP) is 8.15. The van der Waals surface area contributed by atoms with E-state index in [1.165, 1.54) is 97.8 Å². The highest BCUT2D eigenvalue weighted by Crippen LogP contribution is 2.42. The smallest absolute Gasteiger partial charge is 0.224 e. The molecule has 3 aromatic heterocycles. The van der Waals surface area contributed by atoms with E-state index in [9.17, 15) is 0 Å². The molecule has 1 fully saturated rings. The van der Waals surface area contributed by atoms with Crippen molar-refractivity contribution in [3.8, 4) is 0 Å². The van der Waals surface area contributed by atoms with Gasteiger partial charge >= 0.3 is 0 Å². The predicted molar refractivity (Wildman–Crippen MR) is 149 cm³/mol. The van der Waals surface area contributed by atoms with Gasteiger partial charge in [0, 0.05) is 16.8 Å². The summed E-state index contributed by atoms with van der Waals surface area (Å²) in [6, 6.07) is 19.2. The average molecular weight is 460 g/mol. The van der Waals surface area contributed by atoms with Crippen LogP contribution in [0.5, 0.6) is 0 Å². The van der Waals surface area contributed by atoms with Crippen molar-refractivity contribution in [1.29, 1.82) is 0 Å². The van der Waals surface area contributed by atoms with Gasteiger partial charge in [0.15, 0.2) is 6.20 Å². The van der Waals surface area contributed by atoms with Crippen LogP contribution < -0.4 is 4.57 Å². The number of fused-ring (bicyclic) bond motifs is 5. The van der Waals surface area contributed by atoms with Crippen molar-refractivity contribution >= 4 is 49.0 Å². The molecular weight excluding hydrogens is 424 g/mol. The minimum Gasteiger partial charge on any atom is -0.307 e. The average Bonchev–Trinajstić information content (AvgIpc) is 3.44. The van der Waals surface area contributed by atoms with Gasteiger partial charge < -0.3 is 4.40 Å². The lowest BCUT2D eigenvalue weighted by Gasteiger charge is -2.19. The van der Waals surface area contributed by atoms with E-state index in [0.29, 0.717) is 0 Å². The second kappa shape index (κ2) is 7.20. The van der Waals surface area contributed by atoms with E-state index in [4.69, 9.17) is 0 Å². The van der Waals surface area contributed by atoms with Crippen LogP contribution in [0, 0.1) is 12.8 Å². The number of benzene rings is 3. The third-order valence-electron chi connectivity index (χ3n) is 8.76. The monoisotopic (exact) mass is 459 g/mol. The van der Waals surface area contributed by atoms with Crippen LogP contribution in [0.2, 0.25) is 0 Å². The number of aryl methyl sites for hydroxylation is 2. The molecule has 0 radical (unpaired) electrons. The number of hydrogen-bond donors (Lipinski definition) is 0. The maximum atomic E-state index is 2.59. The summed E-state index contributed by atoms with van der Waals surface area (Å²) in [6.45, 7) is 9.21. The van der Waals surface area contributed by atoms with Crippen molar-refractivity contribution in [2.75, 3.05) is 0 Å². The molecule has 2 heteroatoms. The van der Waals surface area contributed by atoms with E-state index in [2.05, 4.69) is 98.4 Å². The van der Waals surface area contributed by atoms with E-state index >= 15 is 0 Å². The molecule has 176 valence electrons. The first-order valence-corrected chi connectivity index (χ1v) is 13.4. The Morgan fingerprint density at radius 3 is 2.46 bits per heavy atom. The number of pyridine rings is 2. The summed E-state index contributed by atoms with van der Waals surface area (Å²) in [6.07, 6.45) is 9.03. The van der Waals surface area contributed by atoms with Crippen molar-refractivity contribution < 1.29 is 4.57 Å². The lowest BCUT2D eigenvalue weighted by Crippen LogP contribution is -2.29. The lowest BCUT2D eigenvalue weighted by atomic mass is 9.86. The van der Waals surface area contributed by atoms with Crippen molar-refractivity contribution in [2.45, 2.75) is 65.2 Å². The Kier molecular flexibility index (Phi) is 4.35. The van der Waals surface area contributed by atoms with Crippen LogP contribution in [0.1, 0.15) is 63.1 Å². The minimum absolute atomic E-state index is 0.125. The van der Waals surface area contributed by atoms with Crippen molar-refractivity contribution in [3.05, 3.63) is 71.4 Å². The van der Waals surface area contributed by atoms with Gasteiger partial charge in [-0.25, -0.2) is 4.57 Å². The van der Waals surface area contributed by atoms with E-state index < -0.39 is 0 Å². The normalized spacial score (nSPS) is 15.7. The Hall–Kier alpha value is -3.13. The van der Waals surface area contributed by atoms with Gasteiger partial charge in [0.1, 0.15) is 7.05 Å². The molecule has 3 heterocycles. The van der Waals surface area contributed by atoms with Gasteiger partial charge in [-0.2, -0.15) is 0 Å². The highest BCUT2D eigenvalue weighted by atomic mass is 15.0. The van der Waals surface area contributed by atoms with Gasteiger partial charge in [-0.3, -0.25) is 0 Å². The number of nitrogens with zero attached hydrogens (tertiary/aromatic N) is 2. The minimum atomic E-state index is 0.125. The van der Waals surface area contributed by atoms with Crippen LogP contribution in [-0.2, 0) is 18.9 Å². The molecule has 1 saturated carbocycles. The Labute approximate surface area is 207 Å². The van der Waals surface area contributed by atoms with Crippen molar-refractivity contribution in [1.82, 2.24) is 4.40 Å². The standard InChI is InChI=1S/C33H35N2/c1-20-10-12-25-26-19-24(33(2,3)4)11-13-27(26)35-28-18-22(16-21-8-6-7-9-21)17-23-14-15-34(5)32(30(23)28)29(20)31(25)35/h10-15,17-19,21H,6-9,16H2,1-5H3/q+1. The summed E-state index contributed by atoms with van der Waals surface area (Å²) >= 11 is 0. The van der Waals surface area contributed by atoms with Crippen molar-refractivity contribution in [2.24, 2.45) is 13.0 Å². The molecule has 1 aliphatic rings. The summed E-state index contributed by atoms with van der Waals surface area (Å²) in [5.41, 5.74) is 9.80. The molecular formula is C33H35N2+. The molecule has 0 saturated heterocycles. The van der Waals surface area contributed by atoms with E-state index in [1.807, 2.05) is 0 Å². The maximum absolute atomic E-state index is 2.59. The first kappa shape index (κ1) is 21.2. The summed E-state index contributed by atoms with van der Waals surface area (Å²) in [5.74, 6) is 0.841. The van der Waals surface area contributed by atoms with Crippen LogP contribution in [0.4, 0.5) is 0 Å². The molecule has 7 rings (SSSR count). The first-order valence-electron chi connectivity index (χ1n) is 13.4. The molecule has 1 aliphatic carbocycles. The Balaban J connectivity index is 1.69. The van der Waals surface area contributed by atoms with Crippen LogP contribution in [0.15, 0.2) is 54.7 Å². The molecule has 35 heavy (non-hydrogen) atoms. The highest BCUT2D eigenvalue weighted by molar-refractivity contribution is 6.25. The van der Waals surface area contributed by atoms with Crippen LogP contribution in [0.3, 0.4) is 0 Å². The molecule has 0 bridgehead atoms. The van der Waals surface area contributed by atoms with Gasteiger partial charge in [-0.1, -0.05) is 70.7 Å². The quantitative estimate of drug-likeness (QED) is 0.140. The molecule has 0 aliphatic heterocycles. The third kappa shape index (κ3) is 2.98. The lowest BCUT2D eigenvalue weighted by molar-refractivity contribution is -0.643. The molecule has 0 unspecified atom stereocenters. The zero-order valence-electron chi connectivity index (χ0n) is 21.7. The Bertz CT molecular complexity index is 1770. The highest BCUT2D eigenvalue weighted by Gasteiger charge is 2.26. The van der Waals surface area contributed by atoms with E-state index in [0.717, 1.165) is 5.92 Å². The fourth-order valence-electron chi connectivity index (χ4n) is 6.91. The number of rotatable bonds is 2. The zero-order chi connectivity index (χ0) is 24.1. The number of aromatic nitrogens is 2. The molecule has 3 aromatic carbocycles. The van der Waals surface area contributed by atoms with Gasteiger partial charge in [-0.05, 0) is 65.0 Å². The van der Waals surface area contributed by atoms with Gasteiger partial charge in [0.05, 0.1) is 27.3 Å². The Morgan fingerprint density at radius 2 is 1.69 bits per heavy atom. The first-order chi connectivity index (χ1) is 16.8. The fraction of sp³-hybridized carbons (Fsp3) is 0.364. The summed E-state index contributed by atoms with van der Waals surface area (Å²) in [4.78, 5) is 0. The van der Waals surface area contributed by atoms with Crippen LogP contribution in [-0.4, -0.2) is 4.40 Å². The Morgan fingerprint density at radius 1 is 0.886 bits per heavy atom. The maximum Gasteiger partial charge on any atom is 0.224 e. The van der Waals surface area contributed by atoms with Gasteiger partial charge in [0.2, 0.25) is 5.52 Å². The second-order valence-electron chi connectivity index (χ2n) is 12.2. The molecule has 0 N–H and O–H groups in total. The molecule has 6 aromatic rings. The fourth-order valence-corrected chi connectivity index (χ4v) is 6.91. The largest absolute Gasteiger partial charge is 0.307 e. The zero-order valence-corrected chi connectivity index (χ0v) is 21.7.